The first-order valence-corrected chi connectivity index (χ1v) is 11.8. The van der Waals surface area contributed by atoms with E-state index in [2.05, 4.69) is 32.0 Å². The van der Waals surface area contributed by atoms with Crippen LogP contribution in [0.5, 0.6) is 0 Å². The van der Waals surface area contributed by atoms with Crippen LogP contribution in [0.25, 0.3) is 10.8 Å². The van der Waals surface area contributed by atoms with E-state index in [0.717, 1.165) is 54.9 Å². The van der Waals surface area contributed by atoms with Crippen molar-refractivity contribution in [2.24, 2.45) is 52.5 Å². The fraction of sp³-hybridized carbons (Fsp3) is 0.577. The second kappa shape index (κ2) is 8.28. The lowest BCUT2D eigenvalue weighted by molar-refractivity contribution is 0.0434. The molecule has 0 saturated heterocycles. The minimum atomic E-state index is -0.646. The molecule has 2 saturated carbocycles. The minimum Gasteiger partial charge on any atom is -0.313 e. The Hall–Kier alpha value is -1.79. The third-order valence-electron chi connectivity index (χ3n) is 8.42. The first-order chi connectivity index (χ1) is 14.6. The van der Waals surface area contributed by atoms with Gasteiger partial charge in [0.2, 0.25) is 0 Å². The SMILES string of the molecule is CC1CC(C(C(=O)c2cccc3ccccc23)C2CCC(N)(N)C(C)C2)CCC1(N)N. The zero-order valence-corrected chi connectivity index (χ0v) is 18.9. The second-order valence-electron chi connectivity index (χ2n) is 10.5. The lowest BCUT2D eigenvalue weighted by atomic mass is 9.61. The van der Waals surface area contributed by atoms with E-state index in [1.807, 2.05) is 24.3 Å². The van der Waals surface area contributed by atoms with Crippen molar-refractivity contribution in [1.82, 2.24) is 0 Å². The van der Waals surface area contributed by atoms with Gasteiger partial charge in [0.1, 0.15) is 0 Å². The van der Waals surface area contributed by atoms with E-state index < -0.39 is 11.3 Å². The lowest BCUT2D eigenvalue weighted by Gasteiger charge is -2.47. The Bertz CT molecular complexity index is 916. The van der Waals surface area contributed by atoms with Gasteiger partial charge in [-0.25, -0.2) is 0 Å². The molecule has 4 atom stereocenters. The molecule has 0 bridgehead atoms. The molecule has 4 rings (SSSR count). The van der Waals surface area contributed by atoms with E-state index >= 15 is 0 Å². The van der Waals surface area contributed by atoms with Crippen LogP contribution < -0.4 is 22.9 Å². The molecule has 2 fully saturated rings. The van der Waals surface area contributed by atoms with Crippen molar-refractivity contribution in [1.29, 1.82) is 0 Å². The molecular formula is C26H38N4O. The Morgan fingerprint density at radius 2 is 1.35 bits per heavy atom. The highest BCUT2D eigenvalue weighted by Gasteiger charge is 2.46. The summed E-state index contributed by atoms with van der Waals surface area (Å²) in [4.78, 5) is 14.2. The van der Waals surface area contributed by atoms with Crippen LogP contribution in [0.2, 0.25) is 0 Å². The molecule has 0 aliphatic heterocycles. The van der Waals surface area contributed by atoms with Crippen molar-refractivity contribution >= 4 is 16.6 Å². The minimum absolute atomic E-state index is 0.0529. The van der Waals surface area contributed by atoms with Crippen LogP contribution in [0.15, 0.2) is 42.5 Å². The van der Waals surface area contributed by atoms with Gasteiger partial charge in [-0.1, -0.05) is 56.3 Å². The monoisotopic (exact) mass is 422 g/mol. The van der Waals surface area contributed by atoms with Gasteiger partial charge in [0, 0.05) is 11.5 Å². The van der Waals surface area contributed by atoms with Crippen molar-refractivity contribution in [3.05, 3.63) is 48.0 Å². The van der Waals surface area contributed by atoms with Gasteiger partial charge in [-0.05, 0) is 73.0 Å². The topological polar surface area (TPSA) is 121 Å². The van der Waals surface area contributed by atoms with Crippen molar-refractivity contribution in [3.8, 4) is 0 Å². The molecular weight excluding hydrogens is 384 g/mol. The molecule has 5 heteroatoms. The summed E-state index contributed by atoms with van der Waals surface area (Å²) in [5.41, 5.74) is 24.9. The van der Waals surface area contributed by atoms with E-state index in [-0.39, 0.29) is 35.4 Å². The normalized spacial score (nSPS) is 31.3. The van der Waals surface area contributed by atoms with Gasteiger partial charge in [0.15, 0.2) is 5.78 Å². The van der Waals surface area contributed by atoms with Gasteiger partial charge >= 0.3 is 0 Å². The molecule has 8 N–H and O–H groups in total. The Labute approximate surface area is 185 Å². The van der Waals surface area contributed by atoms with Crippen LogP contribution in [0.1, 0.15) is 62.7 Å². The van der Waals surface area contributed by atoms with Crippen LogP contribution in [-0.2, 0) is 0 Å². The van der Waals surface area contributed by atoms with Crippen molar-refractivity contribution in [3.63, 3.8) is 0 Å². The Morgan fingerprint density at radius 3 is 1.90 bits per heavy atom. The summed E-state index contributed by atoms with van der Waals surface area (Å²) in [5.74, 6) is 1.12. The van der Waals surface area contributed by atoms with E-state index in [4.69, 9.17) is 22.9 Å². The number of carbonyl (C=O) groups excluding carboxylic acids is 1. The Kier molecular flexibility index (Phi) is 5.99. The van der Waals surface area contributed by atoms with Gasteiger partial charge in [-0.2, -0.15) is 0 Å². The number of carbonyl (C=O) groups is 1. The average Bonchev–Trinajstić information content (AvgIpc) is 2.73. The highest BCUT2D eigenvalue weighted by atomic mass is 16.1. The number of Topliss-reactive ketones (excluding diaryl/α,β-unsaturated/α-hetero) is 1. The molecule has 2 aromatic rings. The molecule has 0 amide bonds. The predicted octanol–water partition coefficient (Wildman–Crippen LogP) is 3.74. The smallest absolute Gasteiger partial charge is 0.167 e. The van der Waals surface area contributed by atoms with E-state index in [1.54, 1.807) is 0 Å². The molecule has 0 heterocycles. The summed E-state index contributed by atoms with van der Waals surface area (Å²) >= 11 is 0. The van der Waals surface area contributed by atoms with E-state index in [1.165, 1.54) is 0 Å². The molecule has 2 aliphatic rings. The highest BCUT2D eigenvalue weighted by molar-refractivity contribution is 6.09. The highest BCUT2D eigenvalue weighted by Crippen LogP contribution is 2.46. The number of hydrogen-bond acceptors (Lipinski definition) is 5. The number of hydrogen-bond donors (Lipinski definition) is 4. The number of fused-ring (bicyclic) bond motifs is 1. The third-order valence-corrected chi connectivity index (χ3v) is 8.42. The van der Waals surface area contributed by atoms with Gasteiger partial charge in [-0.3, -0.25) is 4.79 Å². The maximum atomic E-state index is 14.2. The number of rotatable bonds is 4. The van der Waals surface area contributed by atoms with Crippen LogP contribution in [0, 0.1) is 29.6 Å². The fourth-order valence-electron chi connectivity index (χ4n) is 6.03. The van der Waals surface area contributed by atoms with Gasteiger partial charge < -0.3 is 22.9 Å². The van der Waals surface area contributed by atoms with Gasteiger partial charge in [-0.15, -0.1) is 0 Å². The summed E-state index contributed by atoms with van der Waals surface area (Å²) in [6, 6.07) is 14.2. The summed E-state index contributed by atoms with van der Waals surface area (Å²) < 4.78 is 0. The first kappa shape index (κ1) is 22.4. The summed E-state index contributed by atoms with van der Waals surface area (Å²) in [5, 5.41) is 2.14. The molecule has 0 radical (unpaired) electrons. The molecule has 5 nitrogen and oxygen atoms in total. The van der Waals surface area contributed by atoms with Crippen LogP contribution >= 0.6 is 0 Å². The largest absolute Gasteiger partial charge is 0.313 e. The Balaban J connectivity index is 1.71. The van der Waals surface area contributed by atoms with Gasteiger partial charge in [0.05, 0.1) is 11.3 Å². The molecule has 2 aliphatic carbocycles. The van der Waals surface area contributed by atoms with E-state index in [9.17, 15) is 4.79 Å². The number of nitrogens with two attached hydrogens (primary N) is 4. The number of ketones is 1. The molecule has 31 heavy (non-hydrogen) atoms. The molecule has 168 valence electrons. The molecule has 4 unspecified atom stereocenters. The van der Waals surface area contributed by atoms with Crippen molar-refractivity contribution in [2.75, 3.05) is 0 Å². The summed E-state index contributed by atoms with van der Waals surface area (Å²) in [7, 11) is 0. The maximum absolute atomic E-state index is 14.2. The van der Waals surface area contributed by atoms with Gasteiger partial charge in [0.25, 0.3) is 0 Å². The molecule has 0 aromatic heterocycles. The molecule has 2 aromatic carbocycles. The first-order valence-electron chi connectivity index (χ1n) is 11.8. The van der Waals surface area contributed by atoms with Crippen molar-refractivity contribution in [2.45, 2.75) is 63.7 Å². The zero-order chi connectivity index (χ0) is 22.4. The molecule has 0 spiro atoms. The third kappa shape index (κ3) is 4.29. The predicted molar refractivity (Wildman–Crippen MR) is 127 cm³/mol. The fourth-order valence-corrected chi connectivity index (χ4v) is 6.03. The van der Waals surface area contributed by atoms with Crippen LogP contribution in [0.3, 0.4) is 0 Å². The summed E-state index contributed by atoms with van der Waals surface area (Å²) in [6.45, 7) is 4.25. The van der Waals surface area contributed by atoms with Crippen molar-refractivity contribution < 1.29 is 4.79 Å². The summed E-state index contributed by atoms with van der Waals surface area (Å²) in [6.07, 6.45) is 5.04. The van der Waals surface area contributed by atoms with Crippen LogP contribution in [0.4, 0.5) is 0 Å². The zero-order valence-electron chi connectivity index (χ0n) is 18.9. The second-order valence-corrected chi connectivity index (χ2v) is 10.5. The maximum Gasteiger partial charge on any atom is 0.167 e. The van der Waals surface area contributed by atoms with Crippen LogP contribution in [-0.4, -0.2) is 17.1 Å². The average molecular weight is 423 g/mol. The Morgan fingerprint density at radius 1 is 0.839 bits per heavy atom. The number of benzene rings is 2. The standard InChI is InChI=1S/C26H38N4O/c1-16-14-19(10-12-25(16,27)28)23(20-11-13-26(29,30)17(2)15-20)24(31)22-9-5-7-18-6-3-4-8-21(18)22/h3-9,16-17,19-20,23H,10-15,27-30H2,1-2H3. The lowest BCUT2D eigenvalue weighted by Crippen LogP contribution is -2.59. The van der Waals surface area contributed by atoms with E-state index in [0.29, 0.717) is 0 Å². The quantitative estimate of drug-likeness (QED) is 0.442.